The molecule has 1 aliphatic heterocycles. The normalized spacial score (nSPS) is 24.0. The predicted molar refractivity (Wildman–Crippen MR) is 100 cm³/mol. The number of benzene rings is 1. The van der Waals surface area contributed by atoms with Gasteiger partial charge in [-0.05, 0) is 37.0 Å². The average Bonchev–Trinajstić information content (AvgIpc) is 3.32. The van der Waals surface area contributed by atoms with E-state index in [1.807, 2.05) is 18.2 Å². The van der Waals surface area contributed by atoms with Crippen LogP contribution < -0.4 is 4.74 Å². The minimum absolute atomic E-state index is 0.0214. The summed E-state index contributed by atoms with van der Waals surface area (Å²) < 4.78 is 19.3. The van der Waals surface area contributed by atoms with E-state index in [9.17, 15) is 0 Å². The van der Waals surface area contributed by atoms with Crippen molar-refractivity contribution < 1.29 is 14.2 Å². The first kappa shape index (κ1) is 17.6. The lowest BCUT2D eigenvalue weighted by atomic mass is 9.89. The molecule has 2 heterocycles. The van der Waals surface area contributed by atoms with Gasteiger partial charge in [0.05, 0.1) is 18.9 Å². The lowest BCUT2D eigenvalue weighted by Gasteiger charge is -2.21. The van der Waals surface area contributed by atoms with Gasteiger partial charge >= 0.3 is 0 Å². The highest BCUT2D eigenvalue weighted by atomic mass is 16.6. The lowest BCUT2D eigenvalue weighted by Crippen LogP contribution is -2.31. The zero-order chi connectivity index (χ0) is 17.8. The Hall–Kier alpha value is -1.85. The monoisotopic (exact) mass is 356 g/mol. The number of hydrogen-bond donors (Lipinski definition) is 0. The molecule has 4 rings (SSSR count). The van der Waals surface area contributed by atoms with Crippen molar-refractivity contribution in [1.29, 1.82) is 0 Å². The molecule has 0 bridgehead atoms. The van der Waals surface area contributed by atoms with E-state index in [4.69, 9.17) is 19.3 Å². The third-order valence-electron chi connectivity index (χ3n) is 5.53. The highest BCUT2D eigenvalue weighted by Crippen LogP contribution is 2.31. The van der Waals surface area contributed by atoms with E-state index in [1.165, 1.54) is 32.1 Å². The molecular weight excluding hydrogens is 328 g/mol. The standard InChI is InChI=1S/C21H28N2O3/c1-24-20-14-25-15-21(20)26-19-10-6-5-9-17(19)18-11-12-23(22-18)13-16-7-3-2-4-8-16/h5-6,9-12,16,20-21H,2-4,7-8,13-15H2,1H3/t20?,21-/m1/s1. The van der Waals surface area contributed by atoms with Gasteiger partial charge in [-0.2, -0.15) is 5.10 Å². The van der Waals surface area contributed by atoms with E-state index in [2.05, 4.69) is 23.0 Å². The Kier molecular flexibility index (Phi) is 5.56. The number of aromatic nitrogens is 2. The van der Waals surface area contributed by atoms with Gasteiger partial charge in [0.2, 0.25) is 0 Å². The first-order valence-electron chi connectivity index (χ1n) is 9.73. The lowest BCUT2D eigenvalue weighted by molar-refractivity contribution is 0.0328. The van der Waals surface area contributed by atoms with E-state index in [0.29, 0.717) is 13.2 Å². The van der Waals surface area contributed by atoms with Crippen LogP contribution in [0, 0.1) is 5.92 Å². The molecule has 1 saturated heterocycles. The number of hydrogen-bond acceptors (Lipinski definition) is 4. The highest BCUT2D eigenvalue weighted by molar-refractivity contribution is 5.66. The first-order chi connectivity index (χ1) is 12.8. The van der Waals surface area contributed by atoms with Crippen molar-refractivity contribution >= 4 is 0 Å². The van der Waals surface area contributed by atoms with Crippen molar-refractivity contribution in [3.8, 4) is 17.0 Å². The van der Waals surface area contributed by atoms with Crippen LogP contribution in [0.15, 0.2) is 36.5 Å². The summed E-state index contributed by atoms with van der Waals surface area (Å²) in [5.74, 6) is 1.61. The Morgan fingerprint density at radius 2 is 1.88 bits per heavy atom. The first-order valence-corrected chi connectivity index (χ1v) is 9.73. The fourth-order valence-electron chi connectivity index (χ4n) is 4.03. The molecule has 2 atom stereocenters. The van der Waals surface area contributed by atoms with E-state index in [1.54, 1.807) is 7.11 Å². The molecule has 0 amide bonds. The van der Waals surface area contributed by atoms with Crippen LogP contribution in [-0.4, -0.2) is 42.3 Å². The van der Waals surface area contributed by atoms with Crippen LogP contribution in [0.25, 0.3) is 11.3 Å². The Bertz CT molecular complexity index is 709. The Morgan fingerprint density at radius 3 is 2.73 bits per heavy atom. The van der Waals surface area contributed by atoms with Crippen LogP contribution in [0.5, 0.6) is 5.75 Å². The molecule has 1 saturated carbocycles. The zero-order valence-corrected chi connectivity index (χ0v) is 15.5. The van der Waals surface area contributed by atoms with Gasteiger partial charge in [0.25, 0.3) is 0 Å². The summed E-state index contributed by atoms with van der Waals surface area (Å²) >= 11 is 0. The third-order valence-corrected chi connectivity index (χ3v) is 5.53. The number of para-hydroxylation sites is 1. The van der Waals surface area contributed by atoms with Gasteiger partial charge in [-0.3, -0.25) is 4.68 Å². The van der Waals surface area contributed by atoms with Crippen molar-refractivity contribution in [1.82, 2.24) is 9.78 Å². The molecule has 0 spiro atoms. The zero-order valence-electron chi connectivity index (χ0n) is 15.5. The quantitative estimate of drug-likeness (QED) is 0.787. The minimum Gasteiger partial charge on any atom is -0.484 e. The molecule has 2 aliphatic rings. The fourth-order valence-corrected chi connectivity index (χ4v) is 4.03. The van der Waals surface area contributed by atoms with E-state index in [-0.39, 0.29) is 12.2 Å². The van der Waals surface area contributed by atoms with Crippen molar-refractivity contribution in [3.63, 3.8) is 0 Å². The van der Waals surface area contributed by atoms with E-state index in [0.717, 1.165) is 29.5 Å². The van der Waals surface area contributed by atoms with Gasteiger partial charge in [-0.1, -0.05) is 31.4 Å². The summed E-state index contributed by atoms with van der Waals surface area (Å²) in [7, 11) is 1.70. The van der Waals surface area contributed by atoms with E-state index < -0.39 is 0 Å². The summed E-state index contributed by atoms with van der Waals surface area (Å²) in [5.41, 5.74) is 1.99. The Morgan fingerprint density at radius 1 is 1.08 bits per heavy atom. The average molecular weight is 356 g/mol. The summed E-state index contributed by atoms with van der Waals surface area (Å²) in [6, 6.07) is 10.2. The van der Waals surface area contributed by atoms with Crippen molar-refractivity contribution in [2.45, 2.75) is 50.9 Å². The Labute approximate surface area is 155 Å². The number of nitrogens with zero attached hydrogens (tertiary/aromatic N) is 2. The maximum absolute atomic E-state index is 6.22. The summed E-state index contributed by atoms with van der Waals surface area (Å²) in [5, 5.41) is 4.82. The van der Waals surface area contributed by atoms with Gasteiger partial charge in [-0.15, -0.1) is 0 Å². The van der Waals surface area contributed by atoms with Crippen LogP contribution in [0.3, 0.4) is 0 Å². The predicted octanol–water partition coefficient (Wildman–Crippen LogP) is 3.92. The van der Waals surface area contributed by atoms with Gasteiger partial charge in [-0.25, -0.2) is 0 Å². The van der Waals surface area contributed by atoms with Crippen LogP contribution in [0.2, 0.25) is 0 Å². The second kappa shape index (κ2) is 8.23. The molecule has 0 radical (unpaired) electrons. The molecule has 2 aromatic rings. The van der Waals surface area contributed by atoms with Crippen LogP contribution in [0.1, 0.15) is 32.1 Å². The van der Waals surface area contributed by atoms with Gasteiger partial charge in [0.1, 0.15) is 11.9 Å². The maximum Gasteiger partial charge on any atom is 0.150 e. The summed E-state index contributed by atoms with van der Waals surface area (Å²) in [6.07, 6.45) is 8.76. The largest absolute Gasteiger partial charge is 0.484 e. The SMILES string of the molecule is COC1COC[C@H]1Oc1ccccc1-c1ccn(CC2CCCCC2)n1. The highest BCUT2D eigenvalue weighted by Gasteiger charge is 2.30. The van der Waals surface area contributed by atoms with Crippen LogP contribution in [0.4, 0.5) is 0 Å². The van der Waals surface area contributed by atoms with Crippen molar-refractivity contribution in [2.24, 2.45) is 5.92 Å². The molecule has 140 valence electrons. The number of rotatable bonds is 6. The molecule has 1 aromatic heterocycles. The van der Waals surface area contributed by atoms with Gasteiger partial charge < -0.3 is 14.2 Å². The fraction of sp³-hybridized carbons (Fsp3) is 0.571. The topological polar surface area (TPSA) is 45.5 Å². The molecule has 0 N–H and O–H groups in total. The molecule has 1 aromatic carbocycles. The van der Waals surface area contributed by atoms with E-state index >= 15 is 0 Å². The molecule has 26 heavy (non-hydrogen) atoms. The second-order valence-electron chi connectivity index (χ2n) is 7.39. The molecule has 5 nitrogen and oxygen atoms in total. The smallest absolute Gasteiger partial charge is 0.150 e. The molecule has 5 heteroatoms. The second-order valence-corrected chi connectivity index (χ2v) is 7.39. The molecule has 2 fully saturated rings. The summed E-state index contributed by atoms with van der Waals surface area (Å²) in [4.78, 5) is 0. The van der Waals surface area contributed by atoms with Crippen molar-refractivity contribution in [3.05, 3.63) is 36.5 Å². The molecule has 1 unspecified atom stereocenters. The maximum atomic E-state index is 6.22. The number of methoxy groups -OCH3 is 1. The van der Waals surface area contributed by atoms with Gasteiger partial charge in [0.15, 0.2) is 6.10 Å². The van der Waals surface area contributed by atoms with Gasteiger partial charge in [0, 0.05) is 25.4 Å². The summed E-state index contributed by atoms with van der Waals surface area (Å²) in [6.45, 7) is 2.16. The molecule has 1 aliphatic carbocycles. The van der Waals surface area contributed by atoms with Crippen LogP contribution in [-0.2, 0) is 16.0 Å². The molecular formula is C21H28N2O3. The van der Waals surface area contributed by atoms with Crippen molar-refractivity contribution in [2.75, 3.05) is 20.3 Å². The third kappa shape index (κ3) is 3.94. The Balaban J connectivity index is 1.49. The minimum atomic E-state index is -0.0783. The number of ether oxygens (including phenoxy) is 3. The van der Waals surface area contributed by atoms with Crippen LogP contribution >= 0.6 is 0 Å².